The second-order valence-electron chi connectivity index (χ2n) is 5.29. The highest BCUT2D eigenvalue weighted by Crippen LogP contribution is 2.25. The molecule has 0 aliphatic carbocycles. The van der Waals surface area contributed by atoms with Crippen LogP contribution in [0.25, 0.3) is 11.4 Å². The van der Waals surface area contributed by atoms with Crippen LogP contribution < -0.4 is 10.6 Å². The zero-order valence-corrected chi connectivity index (χ0v) is 13.3. The van der Waals surface area contributed by atoms with Crippen LogP contribution in [0.2, 0.25) is 0 Å². The molecule has 6 nitrogen and oxygen atoms in total. The number of benzene rings is 1. The van der Waals surface area contributed by atoms with Crippen molar-refractivity contribution < 1.29 is 4.79 Å². The lowest BCUT2D eigenvalue weighted by atomic mass is 10.1. The summed E-state index contributed by atoms with van der Waals surface area (Å²) < 4.78 is 1.84. The molecule has 0 bridgehead atoms. The van der Waals surface area contributed by atoms with Crippen LogP contribution in [0.5, 0.6) is 0 Å². The summed E-state index contributed by atoms with van der Waals surface area (Å²) >= 11 is 1.89. The smallest absolute Gasteiger partial charge is 0.225 e. The van der Waals surface area contributed by atoms with E-state index in [1.807, 2.05) is 47.6 Å². The lowest BCUT2D eigenvalue weighted by Crippen LogP contribution is -2.39. The van der Waals surface area contributed by atoms with E-state index >= 15 is 0 Å². The first kappa shape index (κ1) is 15.1. The molecule has 2 heterocycles. The third-order valence-electron chi connectivity index (χ3n) is 3.58. The standard InChI is InChI=1S/C15H19N5OS/c1-20-10-17-19-15(20)12-4-2-3-5-13(12)18-14(21)8-11-9-22-7-6-16-11/h2-5,10-11,16H,6-9H2,1H3,(H,18,21)/t11-/m0/s1. The van der Waals surface area contributed by atoms with E-state index < -0.39 is 0 Å². The second kappa shape index (κ2) is 6.93. The van der Waals surface area contributed by atoms with E-state index in [9.17, 15) is 4.79 Å². The molecule has 1 atom stereocenters. The van der Waals surface area contributed by atoms with Crippen molar-refractivity contribution in [2.24, 2.45) is 7.05 Å². The van der Waals surface area contributed by atoms with E-state index in [1.165, 1.54) is 0 Å². The van der Waals surface area contributed by atoms with Crippen molar-refractivity contribution in [3.63, 3.8) is 0 Å². The molecule has 1 fully saturated rings. The zero-order chi connectivity index (χ0) is 15.4. The normalized spacial score (nSPS) is 18.1. The monoisotopic (exact) mass is 317 g/mol. The number of carbonyl (C=O) groups excluding carboxylic acids is 1. The predicted octanol–water partition coefficient (Wildman–Crippen LogP) is 1.52. The number of hydrogen-bond acceptors (Lipinski definition) is 5. The van der Waals surface area contributed by atoms with Gasteiger partial charge in [-0.1, -0.05) is 12.1 Å². The van der Waals surface area contributed by atoms with Crippen molar-refractivity contribution >= 4 is 23.4 Å². The number of nitrogens with zero attached hydrogens (tertiary/aromatic N) is 3. The maximum absolute atomic E-state index is 12.3. The molecule has 22 heavy (non-hydrogen) atoms. The van der Waals surface area contributed by atoms with E-state index in [-0.39, 0.29) is 11.9 Å². The van der Waals surface area contributed by atoms with E-state index in [2.05, 4.69) is 20.8 Å². The van der Waals surface area contributed by atoms with Crippen molar-refractivity contribution in [3.05, 3.63) is 30.6 Å². The molecule has 116 valence electrons. The molecule has 1 aliphatic heterocycles. The van der Waals surface area contributed by atoms with Gasteiger partial charge in [-0.25, -0.2) is 0 Å². The lowest BCUT2D eigenvalue weighted by Gasteiger charge is -2.22. The molecule has 2 aromatic rings. The first-order chi connectivity index (χ1) is 10.7. The maximum atomic E-state index is 12.3. The van der Waals surface area contributed by atoms with Gasteiger partial charge >= 0.3 is 0 Å². The molecule has 3 rings (SSSR count). The second-order valence-corrected chi connectivity index (χ2v) is 6.44. The maximum Gasteiger partial charge on any atom is 0.225 e. The van der Waals surface area contributed by atoms with Crippen LogP contribution in [0.3, 0.4) is 0 Å². The fourth-order valence-corrected chi connectivity index (χ4v) is 3.44. The fraction of sp³-hybridized carbons (Fsp3) is 0.400. The number of aryl methyl sites for hydroxylation is 1. The summed E-state index contributed by atoms with van der Waals surface area (Å²) in [5, 5.41) is 14.4. The highest BCUT2D eigenvalue weighted by molar-refractivity contribution is 7.99. The summed E-state index contributed by atoms with van der Waals surface area (Å²) in [5.74, 6) is 2.86. The van der Waals surface area contributed by atoms with Gasteiger partial charge in [0.05, 0.1) is 5.69 Å². The highest BCUT2D eigenvalue weighted by Gasteiger charge is 2.18. The van der Waals surface area contributed by atoms with Crippen molar-refractivity contribution in [3.8, 4) is 11.4 Å². The average Bonchev–Trinajstić information content (AvgIpc) is 2.95. The Balaban J connectivity index is 1.72. The number of nitrogens with one attached hydrogen (secondary N) is 2. The number of para-hydroxylation sites is 1. The summed E-state index contributed by atoms with van der Waals surface area (Å²) in [4.78, 5) is 12.3. The van der Waals surface area contributed by atoms with Gasteiger partial charge in [0.25, 0.3) is 0 Å². The Bertz CT molecular complexity index is 651. The number of hydrogen-bond donors (Lipinski definition) is 2. The van der Waals surface area contributed by atoms with Crippen LogP contribution in [0.15, 0.2) is 30.6 Å². The summed E-state index contributed by atoms with van der Waals surface area (Å²) in [7, 11) is 1.89. The highest BCUT2D eigenvalue weighted by atomic mass is 32.2. The number of anilines is 1. The topological polar surface area (TPSA) is 71.8 Å². The molecule has 7 heteroatoms. The van der Waals surface area contributed by atoms with Gasteiger partial charge in [0, 0.05) is 43.1 Å². The minimum atomic E-state index is 0.0228. The first-order valence-electron chi connectivity index (χ1n) is 7.28. The number of carbonyl (C=O) groups is 1. The number of amides is 1. The number of rotatable bonds is 4. The molecular formula is C15H19N5OS. The minimum absolute atomic E-state index is 0.0228. The molecule has 0 radical (unpaired) electrons. The Morgan fingerprint density at radius 1 is 1.50 bits per heavy atom. The van der Waals surface area contributed by atoms with Crippen LogP contribution in [-0.4, -0.2) is 44.8 Å². The van der Waals surface area contributed by atoms with Gasteiger partial charge in [-0.05, 0) is 12.1 Å². The Hall–Kier alpha value is -1.86. The van der Waals surface area contributed by atoms with Gasteiger partial charge < -0.3 is 15.2 Å². The molecule has 0 unspecified atom stereocenters. The van der Waals surface area contributed by atoms with Gasteiger partial charge in [0.15, 0.2) is 5.82 Å². The van der Waals surface area contributed by atoms with Crippen molar-refractivity contribution in [2.75, 3.05) is 23.4 Å². The number of aromatic nitrogens is 3. The largest absolute Gasteiger partial charge is 0.325 e. The van der Waals surface area contributed by atoms with Crippen LogP contribution >= 0.6 is 11.8 Å². The summed E-state index contributed by atoms with van der Waals surface area (Å²) in [6.07, 6.45) is 2.14. The molecular weight excluding hydrogens is 298 g/mol. The Labute approximate surface area is 133 Å². The third-order valence-corrected chi connectivity index (χ3v) is 4.71. The summed E-state index contributed by atoms with van der Waals surface area (Å²) in [6.45, 7) is 0.970. The van der Waals surface area contributed by atoms with Crippen LogP contribution in [0, 0.1) is 0 Å². The SMILES string of the molecule is Cn1cnnc1-c1ccccc1NC(=O)C[C@H]1CSCCN1. The lowest BCUT2D eigenvalue weighted by molar-refractivity contribution is -0.116. The molecule has 1 aromatic carbocycles. The average molecular weight is 317 g/mol. The van der Waals surface area contributed by atoms with Crippen molar-refractivity contribution in [2.45, 2.75) is 12.5 Å². The van der Waals surface area contributed by atoms with Crippen LogP contribution in [-0.2, 0) is 11.8 Å². The van der Waals surface area contributed by atoms with Gasteiger partial charge in [-0.3, -0.25) is 4.79 Å². The van der Waals surface area contributed by atoms with E-state index in [1.54, 1.807) is 6.33 Å². The molecule has 1 amide bonds. The summed E-state index contributed by atoms with van der Waals surface area (Å²) in [5.41, 5.74) is 1.65. The Kier molecular flexibility index (Phi) is 4.74. The third kappa shape index (κ3) is 3.48. The number of thioether (sulfide) groups is 1. The Morgan fingerprint density at radius 3 is 3.09 bits per heavy atom. The molecule has 1 saturated heterocycles. The fourth-order valence-electron chi connectivity index (χ4n) is 2.49. The predicted molar refractivity (Wildman–Crippen MR) is 88.8 cm³/mol. The first-order valence-corrected chi connectivity index (χ1v) is 8.44. The van der Waals surface area contributed by atoms with E-state index in [4.69, 9.17) is 0 Å². The quantitative estimate of drug-likeness (QED) is 0.894. The van der Waals surface area contributed by atoms with Crippen molar-refractivity contribution in [1.82, 2.24) is 20.1 Å². The van der Waals surface area contributed by atoms with Crippen LogP contribution in [0.1, 0.15) is 6.42 Å². The zero-order valence-electron chi connectivity index (χ0n) is 12.5. The minimum Gasteiger partial charge on any atom is -0.325 e. The van der Waals surface area contributed by atoms with Gasteiger partial charge in [-0.2, -0.15) is 11.8 Å². The molecule has 1 aromatic heterocycles. The summed E-state index contributed by atoms with van der Waals surface area (Å²) in [6, 6.07) is 7.92. The van der Waals surface area contributed by atoms with Gasteiger partial charge in [0.2, 0.25) is 5.91 Å². The molecule has 1 aliphatic rings. The Morgan fingerprint density at radius 2 is 2.36 bits per heavy atom. The van der Waals surface area contributed by atoms with Gasteiger partial charge in [0.1, 0.15) is 6.33 Å². The van der Waals surface area contributed by atoms with E-state index in [0.717, 1.165) is 35.1 Å². The van der Waals surface area contributed by atoms with Crippen molar-refractivity contribution in [1.29, 1.82) is 0 Å². The molecule has 0 spiro atoms. The molecule has 2 N–H and O–H groups in total. The van der Waals surface area contributed by atoms with E-state index in [0.29, 0.717) is 6.42 Å². The molecule has 0 saturated carbocycles. The van der Waals surface area contributed by atoms with Gasteiger partial charge in [-0.15, -0.1) is 10.2 Å². The van der Waals surface area contributed by atoms with Crippen LogP contribution in [0.4, 0.5) is 5.69 Å².